The molecule has 2 aromatic rings. The predicted octanol–water partition coefficient (Wildman–Crippen LogP) is 2.65. The molecule has 0 heterocycles. The first kappa shape index (κ1) is 15.2. The molecule has 0 unspecified atom stereocenters. The van der Waals surface area contributed by atoms with Gasteiger partial charge in [-0.2, -0.15) is 5.10 Å². The number of hydrogen-bond acceptors (Lipinski definition) is 4. The first-order valence-electron chi connectivity index (χ1n) is 6.48. The van der Waals surface area contributed by atoms with Crippen LogP contribution < -0.4 is 5.43 Å². The van der Waals surface area contributed by atoms with Crippen molar-refractivity contribution in [2.45, 2.75) is 6.61 Å². The summed E-state index contributed by atoms with van der Waals surface area (Å²) in [6.45, 7) is 0.162. The van der Waals surface area contributed by atoms with Crippen LogP contribution in [0.1, 0.15) is 21.5 Å². The summed E-state index contributed by atoms with van der Waals surface area (Å²) in [5, 5.41) is 12.5. The number of ether oxygens (including phenoxy) is 1. The molecule has 6 heteroatoms. The van der Waals surface area contributed by atoms with E-state index >= 15 is 0 Å². The summed E-state index contributed by atoms with van der Waals surface area (Å²) < 4.78 is 4.98. The van der Waals surface area contributed by atoms with Crippen molar-refractivity contribution in [1.29, 1.82) is 0 Å². The number of benzene rings is 2. The van der Waals surface area contributed by atoms with E-state index in [0.717, 1.165) is 5.56 Å². The monoisotopic (exact) mass is 298 g/mol. The van der Waals surface area contributed by atoms with Crippen LogP contribution >= 0.6 is 0 Å². The summed E-state index contributed by atoms with van der Waals surface area (Å²) in [7, 11) is 0. The Hall–Kier alpha value is -3.15. The number of carbonyl (C=O) groups excluding carboxylic acids is 1. The number of amides is 1. The lowest BCUT2D eigenvalue weighted by Crippen LogP contribution is -2.18. The second-order valence-electron chi connectivity index (χ2n) is 4.36. The van der Waals surface area contributed by atoms with Gasteiger partial charge in [0, 0.05) is 0 Å². The lowest BCUT2D eigenvalue weighted by Gasteiger charge is -2.03. The van der Waals surface area contributed by atoms with E-state index in [-0.39, 0.29) is 12.2 Å². The van der Waals surface area contributed by atoms with E-state index in [9.17, 15) is 9.59 Å². The molecule has 0 aromatic heterocycles. The molecule has 0 radical (unpaired) electrons. The molecule has 2 aromatic carbocycles. The SMILES string of the molecule is O=C(NN=Cc1ccc(C(=O)O)cc1)OCc1ccccc1. The van der Waals surface area contributed by atoms with E-state index in [1.165, 1.54) is 18.3 Å². The van der Waals surface area contributed by atoms with Crippen molar-refractivity contribution >= 4 is 18.3 Å². The summed E-state index contributed by atoms with van der Waals surface area (Å²) in [6, 6.07) is 15.4. The number of carboxylic acid groups (broad SMARTS) is 1. The number of nitrogens with zero attached hydrogens (tertiary/aromatic N) is 1. The molecule has 0 saturated heterocycles. The minimum atomic E-state index is -0.994. The number of nitrogens with one attached hydrogen (secondary N) is 1. The molecule has 2 rings (SSSR count). The van der Waals surface area contributed by atoms with Crippen LogP contribution in [0.2, 0.25) is 0 Å². The van der Waals surface area contributed by atoms with Crippen molar-refractivity contribution < 1.29 is 19.4 Å². The van der Waals surface area contributed by atoms with Gasteiger partial charge in [0.15, 0.2) is 0 Å². The third kappa shape index (κ3) is 4.75. The topological polar surface area (TPSA) is 88.0 Å². The Morgan fingerprint density at radius 2 is 1.77 bits per heavy atom. The Labute approximate surface area is 127 Å². The Bertz CT molecular complexity index is 666. The number of carboxylic acids is 1. The second kappa shape index (κ2) is 7.58. The highest BCUT2D eigenvalue weighted by molar-refractivity contribution is 5.89. The maximum atomic E-state index is 11.4. The van der Waals surface area contributed by atoms with Crippen LogP contribution in [-0.2, 0) is 11.3 Å². The summed E-state index contributed by atoms with van der Waals surface area (Å²) in [4.78, 5) is 22.1. The van der Waals surface area contributed by atoms with Gasteiger partial charge < -0.3 is 9.84 Å². The fourth-order valence-electron chi connectivity index (χ4n) is 1.63. The molecule has 0 saturated carbocycles. The average Bonchev–Trinajstić information content (AvgIpc) is 2.54. The zero-order valence-electron chi connectivity index (χ0n) is 11.6. The Morgan fingerprint density at radius 3 is 2.41 bits per heavy atom. The summed E-state index contributed by atoms with van der Waals surface area (Å²) >= 11 is 0. The predicted molar refractivity (Wildman–Crippen MR) is 80.8 cm³/mol. The van der Waals surface area contributed by atoms with E-state index in [1.807, 2.05) is 30.3 Å². The van der Waals surface area contributed by atoms with E-state index < -0.39 is 12.1 Å². The second-order valence-corrected chi connectivity index (χ2v) is 4.36. The molecule has 112 valence electrons. The first-order valence-corrected chi connectivity index (χ1v) is 6.48. The summed E-state index contributed by atoms with van der Waals surface area (Å²) in [5.41, 5.74) is 3.96. The third-order valence-electron chi connectivity index (χ3n) is 2.74. The van der Waals surface area contributed by atoms with Gasteiger partial charge in [0.25, 0.3) is 0 Å². The standard InChI is InChI=1S/C16H14N2O4/c19-15(20)14-8-6-12(7-9-14)10-17-18-16(21)22-11-13-4-2-1-3-5-13/h1-10H,11H2,(H,18,21)(H,19,20). The summed E-state index contributed by atoms with van der Waals surface area (Å²) in [6.07, 6.45) is 0.734. The lowest BCUT2D eigenvalue weighted by molar-refractivity contribution is 0.0697. The van der Waals surface area contributed by atoms with Gasteiger partial charge in [-0.05, 0) is 23.3 Å². The summed E-state index contributed by atoms with van der Waals surface area (Å²) in [5.74, 6) is -0.994. The van der Waals surface area contributed by atoms with Gasteiger partial charge in [-0.15, -0.1) is 0 Å². The molecule has 0 aliphatic carbocycles. The molecule has 0 bridgehead atoms. The molecule has 22 heavy (non-hydrogen) atoms. The minimum absolute atomic E-state index is 0.162. The van der Waals surface area contributed by atoms with Crippen LogP contribution in [0.4, 0.5) is 4.79 Å². The maximum Gasteiger partial charge on any atom is 0.428 e. The van der Waals surface area contributed by atoms with Gasteiger partial charge in [-0.25, -0.2) is 15.0 Å². The van der Waals surface area contributed by atoms with Gasteiger partial charge in [-0.3, -0.25) is 0 Å². The maximum absolute atomic E-state index is 11.4. The van der Waals surface area contributed by atoms with Crippen LogP contribution in [0, 0.1) is 0 Å². The number of aromatic carboxylic acids is 1. The van der Waals surface area contributed by atoms with E-state index in [2.05, 4.69) is 10.5 Å². The largest absolute Gasteiger partial charge is 0.478 e. The molecule has 2 N–H and O–H groups in total. The van der Waals surface area contributed by atoms with Crippen molar-refractivity contribution in [3.8, 4) is 0 Å². The van der Waals surface area contributed by atoms with Crippen LogP contribution in [0.3, 0.4) is 0 Å². The van der Waals surface area contributed by atoms with Crippen LogP contribution in [0.15, 0.2) is 59.7 Å². The molecule has 0 aliphatic heterocycles. The average molecular weight is 298 g/mol. The van der Waals surface area contributed by atoms with Gasteiger partial charge in [0.1, 0.15) is 6.61 Å². The van der Waals surface area contributed by atoms with Crippen LogP contribution in [0.25, 0.3) is 0 Å². The van der Waals surface area contributed by atoms with Gasteiger partial charge in [0.05, 0.1) is 11.8 Å². The number of carbonyl (C=O) groups is 2. The molecular weight excluding hydrogens is 284 g/mol. The quantitative estimate of drug-likeness (QED) is 0.656. The third-order valence-corrected chi connectivity index (χ3v) is 2.74. The first-order chi connectivity index (χ1) is 10.6. The fourth-order valence-corrected chi connectivity index (χ4v) is 1.63. The molecule has 0 fully saturated rings. The number of hydrogen-bond donors (Lipinski definition) is 2. The normalized spacial score (nSPS) is 10.4. The van der Waals surface area contributed by atoms with Crippen molar-refractivity contribution in [2.24, 2.45) is 5.10 Å². The van der Waals surface area contributed by atoms with Crippen molar-refractivity contribution in [3.05, 3.63) is 71.3 Å². The molecule has 0 atom stereocenters. The van der Waals surface area contributed by atoms with Crippen molar-refractivity contribution in [3.63, 3.8) is 0 Å². The molecule has 1 amide bonds. The molecule has 0 aliphatic rings. The minimum Gasteiger partial charge on any atom is -0.478 e. The van der Waals surface area contributed by atoms with Crippen molar-refractivity contribution in [1.82, 2.24) is 5.43 Å². The zero-order chi connectivity index (χ0) is 15.8. The fraction of sp³-hybridized carbons (Fsp3) is 0.0625. The molecular formula is C16H14N2O4. The van der Waals surface area contributed by atoms with Gasteiger partial charge in [-0.1, -0.05) is 42.5 Å². The lowest BCUT2D eigenvalue weighted by atomic mass is 10.1. The van der Waals surface area contributed by atoms with E-state index in [0.29, 0.717) is 5.56 Å². The Kier molecular flexibility index (Phi) is 5.25. The Morgan fingerprint density at radius 1 is 1.09 bits per heavy atom. The highest BCUT2D eigenvalue weighted by Crippen LogP contribution is 2.02. The molecule has 0 spiro atoms. The van der Waals surface area contributed by atoms with Crippen LogP contribution in [0.5, 0.6) is 0 Å². The van der Waals surface area contributed by atoms with Gasteiger partial charge >= 0.3 is 12.1 Å². The van der Waals surface area contributed by atoms with Gasteiger partial charge in [0.2, 0.25) is 0 Å². The molecule has 6 nitrogen and oxygen atoms in total. The Balaban J connectivity index is 1.79. The number of hydrazone groups is 1. The smallest absolute Gasteiger partial charge is 0.428 e. The van der Waals surface area contributed by atoms with Crippen molar-refractivity contribution in [2.75, 3.05) is 0 Å². The van der Waals surface area contributed by atoms with Crippen LogP contribution in [-0.4, -0.2) is 23.4 Å². The number of rotatable bonds is 5. The van der Waals surface area contributed by atoms with E-state index in [1.54, 1.807) is 12.1 Å². The zero-order valence-corrected chi connectivity index (χ0v) is 11.6. The highest BCUT2D eigenvalue weighted by Gasteiger charge is 2.02. The highest BCUT2D eigenvalue weighted by atomic mass is 16.6. The van der Waals surface area contributed by atoms with E-state index in [4.69, 9.17) is 9.84 Å².